The first-order valence-corrected chi connectivity index (χ1v) is 9.65. The summed E-state index contributed by atoms with van der Waals surface area (Å²) < 4.78 is 6.63. The van der Waals surface area contributed by atoms with Crippen LogP contribution in [0.5, 0.6) is 5.75 Å². The van der Waals surface area contributed by atoms with Crippen LogP contribution in [0.15, 0.2) is 46.9 Å². The van der Waals surface area contributed by atoms with Crippen molar-refractivity contribution in [3.63, 3.8) is 0 Å². The van der Waals surface area contributed by atoms with E-state index >= 15 is 0 Å². The fourth-order valence-corrected chi connectivity index (χ4v) is 2.89. The number of halogens is 1. The molecule has 0 saturated heterocycles. The molecule has 2 rings (SSSR count). The van der Waals surface area contributed by atoms with Crippen molar-refractivity contribution in [3.05, 3.63) is 58.1 Å². The molecule has 2 aromatic carbocycles. The number of unbranched alkanes of at least 4 members (excludes halogenated alkanes) is 3. The molecule has 0 bridgehead atoms. The van der Waals surface area contributed by atoms with Crippen LogP contribution in [-0.2, 0) is 0 Å². The maximum absolute atomic E-state index is 12.7. The van der Waals surface area contributed by atoms with Gasteiger partial charge in [0.05, 0.1) is 12.2 Å². The number of Topliss-reactive ketones (excluding diaryl/α,β-unsaturated/α-hetero) is 1. The highest BCUT2D eigenvalue weighted by atomic mass is 79.9. The Morgan fingerprint density at radius 2 is 1.88 bits per heavy atom. The van der Waals surface area contributed by atoms with Crippen LogP contribution in [0, 0.1) is 0 Å². The zero-order valence-electron chi connectivity index (χ0n) is 15.2. The Morgan fingerprint density at radius 3 is 2.62 bits per heavy atom. The van der Waals surface area contributed by atoms with Crippen LogP contribution in [0.1, 0.15) is 60.2 Å². The zero-order valence-corrected chi connectivity index (χ0v) is 16.8. The van der Waals surface area contributed by atoms with Crippen molar-refractivity contribution in [1.82, 2.24) is 0 Å². The molecule has 0 aliphatic heterocycles. The fraction of sp³-hybridized carbons (Fsp3) is 0.333. The van der Waals surface area contributed by atoms with Gasteiger partial charge in [-0.2, -0.15) is 0 Å². The Labute approximate surface area is 163 Å². The molecule has 0 spiro atoms. The van der Waals surface area contributed by atoms with Gasteiger partial charge in [-0.1, -0.05) is 54.2 Å². The molecule has 0 aliphatic carbocycles. The van der Waals surface area contributed by atoms with Crippen LogP contribution in [0.4, 0.5) is 5.69 Å². The van der Waals surface area contributed by atoms with Crippen molar-refractivity contribution in [1.29, 1.82) is 0 Å². The van der Waals surface area contributed by atoms with Gasteiger partial charge in [0.15, 0.2) is 5.78 Å². The smallest absolute Gasteiger partial charge is 0.259 e. The predicted octanol–water partition coefficient (Wildman–Crippen LogP) is 5.86. The van der Waals surface area contributed by atoms with E-state index < -0.39 is 0 Å². The lowest BCUT2D eigenvalue weighted by molar-refractivity contribution is 0.100. The third kappa shape index (κ3) is 5.99. The van der Waals surface area contributed by atoms with Crippen molar-refractivity contribution in [2.45, 2.75) is 39.5 Å². The standard InChI is InChI=1S/C21H24BrNO3/c1-3-4-5-6-12-26-20-11-10-17(22)14-19(20)21(25)23-18-9-7-8-16(13-18)15(2)24/h7-11,13-14H,3-6,12H2,1-2H3,(H,23,25). The van der Waals surface area contributed by atoms with Gasteiger partial charge in [0.25, 0.3) is 5.91 Å². The molecule has 0 fully saturated rings. The van der Waals surface area contributed by atoms with Crippen molar-refractivity contribution >= 4 is 33.3 Å². The number of hydrogen-bond acceptors (Lipinski definition) is 3. The number of ketones is 1. The third-order valence-electron chi connectivity index (χ3n) is 3.97. The van der Waals surface area contributed by atoms with Crippen LogP contribution in [0.3, 0.4) is 0 Å². The summed E-state index contributed by atoms with van der Waals surface area (Å²) in [4.78, 5) is 24.2. The van der Waals surface area contributed by atoms with E-state index in [-0.39, 0.29) is 11.7 Å². The van der Waals surface area contributed by atoms with Gasteiger partial charge in [0.1, 0.15) is 5.75 Å². The minimum atomic E-state index is -0.268. The highest BCUT2D eigenvalue weighted by molar-refractivity contribution is 9.10. The molecular formula is C21H24BrNO3. The molecular weight excluding hydrogens is 394 g/mol. The van der Waals surface area contributed by atoms with Crippen molar-refractivity contribution in [2.24, 2.45) is 0 Å². The van der Waals surface area contributed by atoms with E-state index in [0.717, 1.165) is 17.3 Å². The topological polar surface area (TPSA) is 55.4 Å². The van der Waals surface area contributed by atoms with E-state index in [4.69, 9.17) is 4.74 Å². The van der Waals surface area contributed by atoms with Gasteiger partial charge in [-0.15, -0.1) is 0 Å². The molecule has 0 heterocycles. The number of amides is 1. The van der Waals surface area contributed by atoms with Crippen LogP contribution in [0.2, 0.25) is 0 Å². The highest BCUT2D eigenvalue weighted by Crippen LogP contribution is 2.25. The second-order valence-corrected chi connectivity index (χ2v) is 7.06. The van der Waals surface area contributed by atoms with Crippen LogP contribution < -0.4 is 10.1 Å². The predicted molar refractivity (Wildman–Crippen MR) is 108 cm³/mol. The first-order chi connectivity index (χ1) is 12.5. The van der Waals surface area contributed by atoms with Gasteiger partial charge < -0.3 is 10.1 Å². The van der Waals surface area contributed by atoms with E-state index in [1.165, 1.54) is 19.8 Å². The number of anilines is 1. The largest absolute Gasteiger partial charge is 0.493 e. The van der Waals surface area contributed by atoms with E-state index in [1.807, 2.05) is 6.07 Å². The molecule has 0 aromatic heterocycles. The Kier molecular flexibility index (Phi) is 7.85. The summed E-state index contributed by atoms with van der Waals surface area (Å²) in [6.45, 7) is 4.25. The SMILES string of the molecule is CCCCCCOc1ccc(Br)cc1C(=O)Nc1cccc(C(C)=O)c1. The van der Waals surface area contributed by atoms with Crippen molar-refractivity contribution < 1.29 is 14.3 Å². The number of carbonyl (C=O) groups is 2. The van der Waals surface area contributed by atoms with Crippen molar-refractivity contribution in [2.75, 3.05) is 11.9 Å². The molecule has 0 radical (unpaired) electrons. The normalized spacial score (nSPS) is 10.4. The summed E-state index contributed by atoms with van der Waals surface area (Å²) in [7, 11) is 0. The molecule has 4 nitrogen and oxygen atoms in total. The third-order valence-corrected chi connectivity index (χ3v) is 4.46. The Morgan fingerprint density at radius 1 is 1.08 bits per heavy atom. The maximum atomic E-state index is 12.7. The van der Waals surface area contributed by atoms with Gasteiger partial charge in [-0.3, -0.25) is 9.59 Å². The van der Waals surface area contributed by atoms with E-state index in [0.29, 0.717) is 29.2 Å². The van der Waals surface area contributed by atoms with Gasteiger partial charge in [-0.05, 0) is 43.7 Å². The quantitative estimate of drug-likeness (QED) is 0.410. The average molecular weight is 418 g/mol. The second-order valence-electron chi connectivity index (χ2n) is 6.14. The Bertz CT molecular complexity index is 774. The lowest BCUT2D eigenvalue weighted by atomic mass is 10.1. The number of benzene rings is 2. The van der Waals surface area contributed by atoms with E-state index in [1.54, 1.807) is 36.4 Å². The molecule has 2 aromatic rings. The Hall–Kier alpha value is -2.14. The summed E-state index contributed by atoms with van der Waals surface area (Å²) in [5.41, 5.74) is 1.60. The Balaban J connectivity index is 2.10. The first kappa shape index (κ1) is 20.2. The highest BCUT2D eigenvalue weighted by Gasteiger charge is 2.14. The fourth-order valence-electron chi connectivity index (χ4n) is 2.53. The maximum Gasteiger partial charge on any atom is 0.259 e. The van der Waals surface area contributed by atoms with E-state index in [2.05, 4.69) is 28.2 Å². The van der Waals surface area contributed by atoms with Gasteiger partial charge in [0, 0.05) is 15.7 Å². The van der Waals surface area contributed by atoms with Crippen LogP contribution >= 0.6 is 15.9 Å². The van der Waals surface area contributed by atoms with Crippen molar-refractivity contribution in [3.8, 4) is 5.75 Å². The molecule has 1 N–H and O–H groups in total. The molecule has 0 atom stereocenters. The summed E-state index contributed by atoms with van der Waals surface area (Å²) in [6, 6.07) is 12.3. The van der Waals surface area contributed by atoms with Gasteiger partial charge in [-0.25, -0.2) is 0 Å². The molecule has 1 amide bonds. The molecule has 0 aliphatic rings. The molecule has 0 unspecified atom stereocenters. The average Bonchev–Trinajstić information content (AvgIpc) is 2.62. The summed E-state index contributed by atoms with van der Waals surface area (Å²) in [5, 5.41) is 2.84. The number of hydrogen-bond donors (Lipinski definition) is 1. The number of nitrogens with one attached hydrogen (secondary N) is 1. The lowest BCUT2D eigenvalue weighted by Gasteiger charge is -2.13. The molecule has 0 saturated carbocycles. The zero-order chi connectivity index (χ0) is 18.9. The van der Waals surface area contributed by atoms with Crippen LogP contribution in [-0.4, -0.2) is 18.3 Å². The summed E-state index contributed by atoms with van der Waals surface area (Å²) in [5.74, 6) is 0.250. The second kappa shape index (κ2) is 10.1. The molecule has 26 heavy (non-hydrogen) atoms. The lowest BCUT2D eigenvalue weighted by Crippen LogP contribution is -2.14. The van der Waals surface area contributed by atoms with E-state index in [9.17, 15) is 9.59 Å². The minimum absolute atomic E-state index is 0.0420. The van der Waals surface area contributed by atoms with Crippen LogP contribution in [0.25, 0.3) is 0 Å². The van der Waals surface area contributed by atoms with Gasteiger partial charge in [0.2, 0.25) is 0 Å². The molecule has 138 valence electrons. The minimum Gasteiger partial charge on any atom is -0.493 e. The number of rotatable bonds is 9. The first-order valence-electron chi connectivity index (χ1n) is 8.86. The summed E-state index contributed by atoms with van der Waals surface area (Å²) >= 11 is 3.40. The number of carbonyl (C=O) groups excluding carboxylic acids is 2. The summed E-state index contributed by atoms with van der Waals surface area (Å²) in [6.07, 6.45) is 4.44. The van der Waals surface area contributed by atoms with Gasteiger partial charge >= 0.3 is 0 Å². The molecule has 5 heteroatoms. The monoisotopic (exact) mass is 417 g/mol. The number of ether oxygens (including phenoxy) is 1.